The summed E-state index contributed by atoms with van der Waals surface area (Å²) in [4.78, 5) is 24.9. The van der Waals surface area contributed by atoms with Gasteiger partial charge in [-0.1, -0.05) is 54.4 Å². The van der Waals surface area contributed by atoms with E-state index in [1.165, 1.54) is 12.8 Å². The summed E-state index contributed by atoms with van der Waals surface area (Å²) in [6.07, 6.45) is 6.10. The molecule has 6 heteroatoms. The first-order chi connectivity index (χ1) is 16.1. The predicted octanol–water partition coefficient (Wildman–Crippen LogP) is 5.72. The molecule has 0 spiro atoms. The summed E-state index contributed by atoms with van der Waals surface area (Å²) in [6.45, 7) is 13.5. The van der Waals surface area contributed by atoms with Gasteiger partial charge in [-0.3, -0.25) is 9.59 Å². The Balaban J connectivity index is 1.48. The zero-order valence-corrected chi connectivity index (χ0v) is 22.0. The van der Waals surface area contributed by atoms with E-state index in [4.69, 9.17) is 18.9 Å². The third kappa shape index (κ3) is 5.80. The number of hydrogen-bond acceptors (Lipinski definition) is 6. The van der Waals surface area contributed by atoms with E-state index in [1.54, 1.807) is 0 Å². The van der Waals surface area contributed by atoms with E-state index in [0.717, 1.165) is 25.7 Å². The molecule has 0 bridgehead atoms. The smallest absolute Gasteiger partial charge is 0.308 e. The van der Waals surface area contributed by atoms with E-state index in [9.17, 15) is 9.59 Å². The molecule has 4 rings (SSSR count). The van der Waals surface area contributed by atoms with Gasteiger partial charge in [-0.05, 0) is 61.2 Å². The van der Waals surface area contributed by atoms with E-state index in [1.807, 2.05) is 0 Å². The SMILES string of the molecule is CC1CCC(C(C)C)C(O[C@@H]2OC(=O)CC2C2CC(=O)O[C@H]2OC2CC(C)CCC2C(C)C)C1. The Morgan fingerprint density at radius 3 is 1.41 bits per heavy atom. The second-order valence-corrected chi connectivity index (χ2v) is 12.5. The van der Waals surface area contributed by atoms with Crippen LogP contribution in [0.25, 0.3) is 0 Å². The highest BCUT2D eigenvalue weighted by Gasteiger charge is 2.52. The number of esters is 2. The van der Waals surface area contributed by atoms with Crippen molar-refractivity contribution in [2.24, 2.45) is 47.3 Å². The molecule has 2 saturated heterocycles. The Kier molecular flexibility index (Phi) is 8.28. The molecule has 6 nitrogen and oxygen atoms in total. The van der Waals surface area contributed by atoms with Gasteiger partial charge in [-0.2, -0.15) is 0 Å². The molecule has 2 aliphatic carbocycles. The molecule has 2 aliphatic heterocycles. The first kappa shape index (κ1) is 25.9. The molecule has 0 aromatic rings. The van der Waals surface area contributed by atoms with Crippen molar-refractivity contribution in [1.29, 1.82) is 0 Å². The van der Waals surface area contributed by atoms with Crippen molar-refractivity contribution in [2.45, 2.75) is 118 Å². The minimum atomic E-state index is -0.624. The first-order valence-corrected chi connectivity index (χ1v) is 13.8. The quantitative estimate of drug-likeness (QED) is 0.436. The molecule has 0 N–H and O–H groups in total. The molecule has 2 saturated carbocycles. The topological polar surface area (TPSA) is 71.1 Å². The van der Waals surface area contributed by atoms with Gasteiger partial charge in [0.2, 0.25) is 12.6 Å². The van der Waals surface area contributed by atoms with Crippen LogP contribution in [0.1, 0.15) is 92.9 Å². The van der Waals surface area contributed by atoms with Crippen LogP contribution in [0.5, 0.6) is 0 Å². The number of carbonyl (C=O) groups excluding carboxylic acids is 2. The number of cyclic esters (lactones) is 2. The molecule has 0 radical (unpaired) electrons. The monoisotopic (exact) mass is 478 g/mol. The summed E-state index contributed by atoms with van der Waals surface area (Å²) in [5.74, 6) is 2.23. The van der Waals surface area contributed by atoms with Gasteiger partial charge >= 0.3 is 11.9 Å². The maximum Gasteiger partial charge on any atom is 0.308 e. The van der Waals surface area contributed by atoms with Gasteiger partial charge in [0.15, 0.2) is 0 Å². The zero-order valence-electron chi connectivity index (χ0n) is 22.0. The van der Waals surface area contributed by atoms with Crippen LogP contribution in [0.2, 0.25) is 0 Å². The molecule has 0 amide bonds. The van der Waals surface area contributed by atoms with Gasteiger partial charge in [0, 0.05) is 11.8 Å². The minimum absolute atomic E-state index is 0.0732. The maximum absolute atomic E-state index is 12.4. The summed E-state index contributed by atoms with van der Waals surface area (Å²) in [6, 6.07) is 0. The fraction of sp³-hybridized carbons (Fsp3) is 0.929. The molecule has 8 unspecified atom stereocenters. The van der Waals surface area contributed by atoms with Crippen LogP contribution in [0.4, 0.5) is 0 Å². The average Bonchev–Trinajstić information content (AvgIpc) is 3.29. The Labute approximate surface area is 205 Å². The molecular weight excluding hydrogens is 432 g/mol. The van der Waals surface area contributed by atoms with E-state index < -0.39 is 12.6 Å². The van der Waals surface area contributed by atoms with Gasteiger partial charge < -0.3 is 18.9 Å². The molecule has 4 aliphatic rings. The van der Waals surface area contributed by atoms with Crippen LogP contribution in [0.15, 0.2) is 0 Å². The van der Waals surface area contributed by atoms with Crippen LogP contribution in [0, 0.1) is 47.3 Å². The van der Waals surface area contributed by atoms with E-state index in [2.05, 4.69) is 41.5 Å². The lowest BCUT2D eigenvalue weighted by Gasteiger charge is -2.40. The highest BCUT2D eigenvalue weighted by molar-refractivity contribution is 5.74. The second kappa shape index (κ2) is 10.9. The fourth-order valence-electron chi connectivity index (χ4n) is 6.96. The Morgan fingerprint density at radius 2 is 1.06 bits per heavy atom. The van der Waals surface area contributed by atoms with Crippen molar-refractivity contribution in [3.63, 3.8) is 0 Å². The third-order valence-electron chi connectivity index (χ3n) is 9.09. The predicted molar refractivity (Wildman–Crippen MR) is 128 cm³/mol. The highest BCUT2D eigenvalue weighted by Crippen LogP contribution is 2.44. The molecule has 2 heterocycles. The largest absolute Gasteiger partial charge is 0.435 e. The normalized spacial score (nSPS) is 43.4. The van der Waals surface area contributed by atoms with Gasteiger partial charge in [-0.25, -0.2) is 0 Å². The third-order valence-corrected chi connectivity index (χ3v) is 9.09. The number of carbonyl (C=O) groups is 2. The summed E-state index contributed by atoms with van der Waals surface area (Å²) in [7, 11) is 0. The lowest BCUT2D eigenvalue weighted by Crippen LogP contribution is -2.43. The van der Waals surface area contributed by atoms with Crippen molar-refractivity contribution in [1.82, 2.24) is 0 Å². The summed E-state index contributed by atoms with van der Waals surface area (Å²) in [5, 5.41) is 0. The van der Waals surface area contributed by atoms with E-state index in [-0.39, 0.29) is 48.8 Å². The van der Waals surface area contributed by atoms with E-state index >= 15 is 0 Å². The number of ether oxygens (including phenoxy) is 4. The molecule has 0 aromatic heterocycles. The summed E-state index contributed by atoms with van der Waals surface area (Å²) < 4.78 is 24.6. The molecule has 34 heavy (non-hydrogen) atoms. The minimum Gasteiger partial charge on any atom is -0.435 e. The van der Waals surface area contributed by atoms with Crippen molar-refractivity contribution < 1.29 is 28.5 Å². The van der Waals surface area contributed by atoms with Gasteiger partial charge in [0.1, 0.15) is 0 Å². The second-order valence-electron chi connectivity index (χ2n) is 12.5. The van der Waals surface area contributed by atoms with Crippen LogP contribution < -0.4 is 0 Å². The lowest BCUT2D eigenvalue weighted by atomic mass is 9.75. The van der Waals surface area contributed by atoms with Crippen LogP contribution >= 0.6 is 0 Å². The van der Waals surface area contributed by atoms with Crippen molar-refractivity contribution in [3.05, 3.63) is 0 Å². The molecular formula is C28H46O6. The maximum atomic E-state index is 12.4. The van der Waals surface area contributed by atoms with Crippen molar-refractivity contribution in [2.75, 3.05) is 0 Å². The van der Waals surface area contributed by atoms with Gasteiger partial charge in [-0.15, -0.1) is 0 Å². The highest BCUT2D eigenvalue weighted by atomic mass is 16.7. The average molecular weight is 479 g/mol. The van der Waals surface area contributed by atoms with E-state index in [0.29, 0.717) is 35.5 Å². The zero-order chi connectivity index (χ0) is 24.6. The van der Waals surface area contributed by atoms with Crippen molar-refractivity contribution in [3.8, 4) is 0 Å². The fourth-order valence-corrected chi connectivity index (χ4v) is 6.96. The number of rotatable bonds is 7. The summed E-state index contributed by atoms with van der Waals surface area (Å²) >= 11 is 0. The molecule has 10 atom stereocenters. The molecule has 194 valence electrons. The Morgan fingerprint density at radius 1 is 0.676 bits per heavy atom. The molecule has 0 aromatic carbocycles. The van der Waals surface area contributed by atoms with Crippen LogP contribution in [-0.2, 0) is 28.5 Å². The summed E-state index contributed by atoms with van der Waals surface area (Å²) in [5.41, 5.74) is 0. The van der Waals surface area contributed by atoms with Gasteiger partial charge in [0.05, 0.1) is 25.0 Å². The van der Waals surface area contributed by atoms with Crippen LogP contribution in [0.3, 0.4) is 0 Å². The number of hydrogen-bond donors (Lipinski definition) is 0. The molecule has 4 fully saturated rings. The van der Waals surface area contributed by atoms with Crippen molar-refractivity contribution >= 4 is 11.9 Å². The first-order valence-electron chi connectivity index (χ1n) is 13.8. The lowest BCUT2D eigenvalue weighted by molar-refractivity contribution is -0.225. The standard InChI is InChI=1S/C28H46O6/c1-15(2)19-9-7-17(5)11-23(19)31-27-21(13-25(29)33-27)22-14-26(30)34-28(22)32-24-12-18(6)8-10-20(24)16(3)4/h15-24,27-28H,7-14H2,1-6H3/t17?,18?,19?,20?,21?,22?,23?,24?,27-,28-/m1/s1. The Bertz CT molecular complexity index is 660. The Hall–Kier alpha value is -1.14. The van der Waals surface area contributed by atoms with Gasteiger partial charge in [0.25, 0.3) is 0 Å². The van der Waals surface area contributed by atoms with Crippen LogP contribution in [-0.4, -0.2) is 36.7 Å².